The zero-order valence-corrected chi connectivity index (χ0v) is 12.2. The SMILES string of the molecule is CC(C)c1ccc(CN2C(=O)NC(=O)C3(CC3)C2=O)cc1. The zero-order chi connectivity index (χ0) is 15.2. The van der Waals surface area contributed by atoms with Crippen molar-refractivity contribution in [2.75, 3.05) is 0 Å². The minimum Gasteiger partial charge on any atom is -0.277 e. The molecule has 0 bridgehead atoms. The molecule has 0 aromatic heterocycles. The molecule has 0 atom stereocenters. The lowest BCUT2D eigenvalue weighted by atomic mass is 10.00. The maximum atomic E-state index is 12.4. The van der Waals surface area contributed by atoms with Crippen molar-refractivity contribution in [3.63, 3.8) is 0 Å². The first-order chi connectivity index (χ1) is 9.94. The van der Waals surface area contributed by atoms with Gasteiger partial charge >= 0.3 is 6.03 Å². The number of urea groups is 1. The van der Waals surface area contributed by atoms with Crippen molar-refractivity contribution in [1.82, 2.24) is 10.2 Å². The van der Waals surface area contributed by atoms with Crippen LogP contribution in [0.2, 0.25) is 0 Å². The number of nitrogens with zero attached hydrogens (tertiary/aromatic N) is 1. The Hall–Kier alpha value is -2.17. The first kappa shape index (κ1) is 13.8. The van der Waals surface area contributed by atoms with E-state index in [0.717, 1.165) is 10.5 Å². The second-order valence-electron chi connectivity index (χ2n) is 6.13. The third-order valence-electron chi connectivity index (χ3n) is 4.29. The highest BCUT2D eigenvalue weighted by Gasteiger charge is 2.62. The van der Waals surface area contributed by atoms with Crippen LogP contribution in [0, 0.1) is 5.41 Å². The van der Waals surface area contributed by atoms with Crippen LogP contribution in [0.3, 0.4) is 0 Å². The summed E-state index contributed by atoms with van der Waals surface area (Å²) in [6.07, 6.45) is 1.07. The van der Waals surface area contributed by atoms with Crippen molar-refractivity contribution < 1.29 is 14.4 Å². The highest BCUT2D eigenvalue weighted by atomic mass is 16.2. The Balaban J connectivity index is 1.79. The molecule has 110 valence electrons. The maximum Gasteiger partial charge on any atom is 0.331 e. The van der Waals surface area contributed by atoms with Crippen molar-refractivity contribution in [3.05, 3.63) is 35.4 Å². The predicted octanol–water partition coefficient (Wildman–Crippen LogP) is 2.17. The van der Waals surface area contributed by atoms with Crippen LogP contribution in [0.5, 0.6) is 0 Å². The fourth-order valence-electron chi connectivity index (χ4n) is 2.63. The van der Waals surface area contributed by atoms with Crippen molar-refractivity contribution in [2.24, 2.45) is 5.41 Å². The highest BCUT2D eigenvalue weighted by molar-refractivity contribution is 6.20. The monoisotopic (exact) mass is 286 g/mol. The number of benzene rings is 1. The smallest absolute Gasteiger partial charge is 0.277 e. The number of carbonyl (C=O) groups is 3. The number of imide groups is 2. The molecule has 1 N–H and O–H groups in total. The molecule has 2 fully saturated rings. The summed E-state index contributed by atoms with van der Waals surface area (Å²) in [6.45, 7) is 4.43. The fourth-order valence-corrected chi connectivity index (χ4v) is 2.63. The van der Waals surface area contributed by atoms with Crippen LogP contribution in [-0.2, 0) is 16.1 Å². The minimum absolute atomic E-state index is 0.206. The van der Waals surface area contributed by atoms with Gasteiger partial charge in [-0.3, -0.25) is 19.8 Å². The number of hydrogen-bond donors (Lipinski definition) is 1. The molecule has 0 unspecified atom stereocenters. The van der Waals surface area contributed by atoms with Gasteiger partial charge in [0, 0.05) is 0 Å². The summed E-state index contributed by atoms with van der Waals surface area (Å²) in [7, 11) is 0. The largest absolute Gasteiger partial charge is 0.331 e. The fraction of sp³-hybridized carbons (Fsp3) is 0.438. The molecule has 0 radical (unpaired) electrons. The van der Waals surface area contributed by atoms with Gasteiger partial charge in [0.05, 0.1) is 6.54 Å². The van der Waals surface area contributed by atoms with E-state index in [1.807, 2.05) is 24.3 Å². The standard InChI is InChI=1S/C16H18N2O3/c1-10(2)12-5-3-11(4-6-12)9-18-14(20)16(7-8-16)13(19)17-15(18)21/h3-6,10H,7-9H2,1-2H3,(H,17,19,21). The number of amides is 4. The van der Waals surface area contributed by atoms with Crippen LogP contribution in [0.4, 0.5) is 4.79 Å². The Labute approximate surface area is 123 Å². The van der Waals surface area contributed by atoms with Gasteiger partial charge < -0.3 is 0 Å². The van der Waals surface area contributed by atoms with Crippen LogP contribution in [0.15, 0.2) is 24.3 Å². The Morgan fingerprint density at radius 2 is 1.76 bits per heavy atom. The van der Waals surface area contributed by atoms with E-state index < -0.39 is 17.4 Å². The lowest BCUT2D eigenvalue weighted by molar-refractivity contribution is -0.145. The molecule has 2 aliphatic rings. The second kappa shape index (κ2) is 4.69. The first-order valence-corrected chi connectivity index (χ1v) is 7.20. The Bertz CT molecular complexity index is 615. The lowest BCUT2D eigenvalue weighted by Gasteiger charge is -2.30. The Morgan fingerprint density at radius 3 is 2.29 bits per heavy atom. The van der Waals surface area contributed by atoms with Gasteiger partial charge in [0.2, 0.25) is 11.8 Å². The van der Waals surface area contributed by atoms with Crippen molar-refractivity contribution in [2.45, 2.75) is 39.2 Å². The summed E-state index contributed by atoms with van der Waals surface area (Å²) in [6, 6.07) is 7.24. The van der Waals surface area contributed by atoms with E-state index in [2.05, 4.69) is 19.2 Å². The molecule has 1 aromatic rings. The van der Waals surface area contributed by atoms with E-state index in [1.54, 1.807) is 0 Å². The Kier molecular flexibility index (Phi) is 3.08. The summed E-state index contributed by atoms with van der Waals surface area (Å²) in [5.74, 6) is -0.362. The summed E-state index contributed by atoms with van der Waals surface area (Å²) in [4.78, 5) is 37.1. The van der Waals surface area contributed by atoms with Crippen LogP contribution in [0.1, 0.15) is 43.7 Å². The molecule has 1 saturated heterocycles. The molecule has 1 heterocycles. The number of nitrogens with one attached hydrogen (secondary N) is 1. The molecule has 1 aromatic carbocycles. The molecule has 5 heteroatoms. The van der Waals surface area contributed by atoms with E-state index in [4.69, 9.17) is 0 Å². The van der Waals surface area contributed by atoms with Crippen LogP contribution < -0.4 is 5.32 Å². The van der Waals surface area contributed by atoms with Gasteiger partial charge in [-0.25, -0.2) is 4.79 Å². The molecule has 21 heavy (non-hydrogen) atoms. The average molecular weight is 286 g/mol. The average Bonchev–Trinajstić information content (AvgIpc) is 3.24. The Morgan fingerprint density at radius 1 is 1.14 bits per heavy atom. The molecular formula is C16H18N2O3. The highest BCUT2D eigenvalue weighted by Crippen LogP contribution is 2.49. The van der Waals surface area contributed by atoms with Crippen molar-refractivity contribution in [3.8, 4) is 0 Å². The minimum atomic E-state index is -0.966. The molecule has 5 nitrogen and oxygen atoms in total. The molecule has 3 rings (SSSR count). The topological polar surface area (TPSA) is 66.5 Å². The van der Waals surface area contributed by atoms with Crippen LogP contribution >= 0.6 is 0 Å². The lowest BCUT2D eigenvalue weighted by Crippen LogP contribution is -2.58. The summed E-state index contributed by atoms with van der Waals surface area (Å²) < 4.78 is 0. The summed E-state index contributed by atoms with van der Waals surface area (Å²) >= 11 is 0. The number of rotatable bonds is 3. The van der Waals surface area contributed by atoms with Crippen LogP contribution in [-0.4, -0.2) is 22.7 Å². The van der Waals surface area contributed by atoms with Crippen LogP contribution in [0.25, 0.3) is 0 Å². The van der Waals surface area contributed by atoms with Gasteiger partial charge in [-0.05, 0) is 29.9 Å². The van der Waals surface area contributed by atoms with Gasteiger partial charge in [-0.1, -0.05) is 38.1 Å². The predicted molar refractivity (Wildman–Crippen MR) is 76.3 cm³/mol. The summed E-state index contributed by atoms with van der Waals surface area (Å²) in [5.41, 5.74) is 1.13. The number of carbonyl (C=O) groups excluding carboxylic acids is 3. The third-order valence-corrected chi connectivity index (χ3v) is 4.29. The van der Waals surface area contributed by atoms with E-state index in [-0.39, 0.29) is 12.5 Å². The number of hydrogen-bond acceptors (Lipinski definition) is 3. The third kappa shape index (κ3) is 2.22. The van der Waals surface area contributed by atoms with E-state index in [0.29, 0.717) is 18.8 Å². The van der Waals surface area contributed by atoms with E-state index in [1.165, 1.54) is 5.56 Å². The molecule has 1 aliphatic heterocycles. The van der Waals surface area contributed by atoms with Gasteiger partial charge in [0.1, 0.15) is 5.41 Å². The van der Waals surface area contributed by atoms with Gasteiger partial charge in [-0.2, -0.15) is 0 Å². The van der Waals surface area contributed by atoms with Crippen molar-refractivity contribution in [1.29, 1.82) is 0 Å². The molecular weight excluding hydrogens is 268 g/mol. The van der Waals surface area contributed by atoms with E-state index >= 15 is 0 Å². The molecule has 4 amide bonds. The first-order valence-electron chi connectivity index (χ1n) is 7.20. The van der Waals surface area contributed by atoms with Gasteiger partial charge in [0.15, 0.2) is 0 Å². The number of barbiturate groups is 1. The zero-order valence-electron chi connectivity index (χ0n) is 12.2. The molecule has 1 spiro atoms. The van der Waals surface area contributed by atoms with Gasteiger partial charge in [0.25, 0.3) is 0 Å². The van der Waals surface area contributed by atoms with Gasteiger partial charge in [-0.15, -0.1) is 0 Å². The van der Waals surface area contributed by atoms with Crippen molar-refractivity contribution >= 4 is 17.8 Å². The second-order valence-corrected chi connectivity index (χ2v) is 6.13. The summed E-state index contributed by atoms with van der Waals surface area (Å²) in [5, 5.41) is 2.29. The molecule has 1 aliphatic carbocycles. The normalized spacial score (nSPS) is 20.1. The maximum absolute atomic E-state index is 12.4. The van der Waals surface area contributed by atoms with E-state index in [9.17, 15) is 14.4 Å². The molecule has 1 saturated carbocycles. The quantitative estimate of drug-likeness (QED) is 0.866.